The number of hydrogen-bond donors (Lipinski definition) is 1. The van der Waals surface area contributed by atoms with Crippen molar-refractivity contribution >= 4 is 36.4 Å². The first-order valence-electron chi connectivity index (χ1n) is 8.87. The van der Waals surface area contributed by atoms with Gasteiger partial charge in [0.25, 0.3) is 0 Å². The van der Waals surface area contributed by atoms with E-state index in [1.807, 2.05) is 0 Å². The number of alkyl halides is 6. The molecule has 1 aliphatic heterocycles. The van der Waals surface area contributed by atoms with Gasteiger partial charge in [-0.25, -0.2) is 0 Å². The highest BCUT2D eigenvalue weighted by Gasteiger charge is 2.33. The van der Waals surface area contributed by atoms with E-state index in [2.05, 4.69) is 19.7 Å². The Kier molecular flexibility index (Phi) is 10.2. The molecule has 3 rings (SSSR count). The van der Waals surface area contributed by atoms with Crippen molar-refractivity contribution in [2.45, 2.75) is 18.8 Å². The van der Waals surface area contributed by atoms with Gasteiger partial charge in [-0.15, -0.1) is 51.2 Å². The van der Waals surface area contributed by atoms with Gasteiger partial charge in [0.1, 0.15) is 11.5 Å². The Morgan fingerprint density at radius 3 is 1.84 bits per heavy atom. The van der Waals surface area contributed by atoms with Crippen LogP contribution >= 0.6 is 36.4 Å². The summed E-state index contributed by atoms with van der Waals surface area (Å²) >= 11 is 6.00. The van der Waals surface area contributed by atoms with Crippen LogP contribution in [0.15, 0.2) is 42.5 Å². The van der Waals surface area contributed by atoms with E-state index in [-0.39, 0.29) is 35.6 Å². The molecule has 1 fully saturated rings. The molecule has 1 N–H and O–H groups in total. The molecule has 32 heavy (non-hydrogen) atoms. The SMILES string of the molecule is Cl.Cl.FC(F)(F)Oc1ccc([C@@H](c2ccc(OC(F)(F)F)c(Cl)c2)N2CCNCC2)cc1. The third kappa shape index (κ3) is 8.08. The molecule has 1 atom stereocenters. The Morgan fingerprint density at radius 2 is 1.34 bits per heavy atom. The van der Waals surface area contributed by atoms with Crippen molar-refractivity contribution in [1.29, 1.82) is 0 Å². The number of ether oxygens (including phenoxy) is 2. The van der Waals surface area contributed by atoms with Crippen LogP contribution in [0.1, 0.15) is 17.2 Å². The van der Waals surface area contributed by atoms with Gasteiger partial charge in [0.05, 0.1) is 11.1 Å². The summed E-state index contributed by atoms with van der Waals surface area (Å²) in [5, 5.41) is 2.98. The van der Waals surface area contributed by atoms with Crippen molar-refractivity contribution in [3.63, 3.8) is 0 Å². The average Bonchev–Trinajstić information content (AvgIpc) is 2.64. The average molecular weight is 528 g/mol. The molecule has 0 bridgehead atoms. The summed E-state index contributed by atoms with van der Waals surface area (Å²) in [4.78, 5) is 2.06. The fourth-order valence-electron chi connectivity index (χ4n) is 3.30. The number of hydrogen-bond acceptors (Lipinski definition) is 4. The first-order chi connectivity index (χ1) is 14.0. The second-order valence-electron chi connectivity index (χ2n) is 6.54. The Hall–Kier alpha value is -1.59. The van der Waals surface area contributed by atoms with Crippen LogP contribution in [-0.4, -0.2) is 43.8 Å². The van der Waals surface area contributed by atoms with Crippen molar-refractivity contribution in [1.82, 2.24) is 10.2 Å². The van der Waals surface area contributed by atoms with Crippen molar-refractivity contribution in [2.24, 2.45) is 0 Å². The van der Waals surface area contributed by atoms with Crippen LogP contribution in [0.25, 0.3) is 0 Å². The fourth-order valence-corrected chi connectivity index (χ4v) is 3.53. The van der Waals surface area contributed by atoms with Crippen LogP contribution in [0.3, 0.4) is 0 Å². The number of benzene rings is 2. The normalized spacial score (nSPS) is 15.8. The fraction of sp³-hybridized carbons (Fsp3) is 0.368. The number of halogens is 9. The van der Waals surface area contributed by atoms with E-state index in [0.717, 1.165) is 6.07 Å². The highest BCUT2D eigenvalue weighted by atomic mass is 35.5. The summed E-state index contributed by atoms with van der Waals surface area (Å²) in [7, 11) is 0. The first kappa shape index (κ1) is 28.4. The van der Waals surface area contributed by atoms with Crippen LogP contribution < -0.4 is 14.8 Å². The minimum atomic E-state index is -4.88. The van der Waals surface area contributed by atoms with Gasteiger partial charge in [-0.3, -0.25) is 4.90 Å². The largest absolute Gasteiger partial charge is 0.573 e. The van der Waals surface area contributed by atoms with Gasteiger partial charge in [0.2, 0.25) is 0 Å². The topological polar surface area (TPSA) is 33.7 Å². The van der Waals surface area contributed by atoms with Crippen molar-refractivity contribution in [2.75, 3.05) is 26.2 Å². The Balaban J connectivity index is 0.00000256. The zero-order chi connectivity index (χ0) is 21.9. The summed E-state index contributed by atoms with van der Waals surface area (Å²) in [6, 6.07) is 8.89. The van der Waals surface area contributed by atoms with Crippen LogP contribution in [0.5, 0.6) is 11.5 Å². The number of piperazine rings is 1. The molecule has 0 saturated carbocycles. The second-order valence-corrected chi connectivity index (χ2v) is 6.95. The molecule has 0 unspecified atom stereocenters. The number of rotatable bonds is 5. The summed E-state index contributed by atoms with van der Waals surface area (Å²) < 4.78 is 82.5. The maximum atomic E-state index is 12.5. The molecule has 13 heteroatoms. The van der Waals surface area contributed by atoms with E-state index in [1.54, 1.807) is 0 Å². The lowest BCUT2D eigenvalue weighted by Crippen LogP contribution is -2.45. The van der Waals surface area contributed by atoms with Gasteiger partial charge in [-0.2, -0.15) is 0 Å². The third-order valence-corrected chi connectivity index (χ3v) is 4.74. The molecular formula is C19H19Cl3F6N2O2. The molecule has 0 spiro atoms. The minimum absolute atomic E-state index is 0. The zero-order valence-electron chi connectivity index (χ0n) is 16.2. The molecule has 0 aliphatic carbocycles. The molecule has 1 saturated heterocycles. The maximum Gasteiger partial charge on any atom is 0.573 e. The highest BCUT2D eigenvalue weighted by molar-refractivity contribution is 6.32. The molecule has 2 aromatic carbocycles. The molecule has 4 nitrogen and oxygen atoms in total. The predicted octanol–water partition coefficient (Wildman–Crippen LogP) is 5.98. The molecule has 1 heterocycles. The van der Waals surface area contributed by atoms with E-state index in [1.165, 1.54) is 36.4 Å². The van der Waals surface area contributed by atoms with E-state index in [9.17, 15) is 26.3 Å². The molecule has 180 valence electrons. The van der Waals surface area contributed by atoms with E-state index in [0.29, 0.717) is 37.3 Å². The van der Waals surface area contributed by atoms with Crippen LogP contribution in [0.2, 0.25) is 5.02 Å². The zero-order valence-corrected chi connectivity index (χ0v) is 18.6. The lowest BCUT2D eigenvalue weighted by Gasteiger charge is -2.35. The van der Waals surface area contributed by atoms with Crippen LogP contribution in [-0.2, 0) is 0 Å². The lowest BCUT2D eigenvalue weighted by molar-refractivity contribution is -0.275. The Bertz CT molecular complexity index is 860. The molecule has 0 amide bonds. The molecule has 2 aromatic rings. The maximum absolute atomic E-state index is 12.5. The summed E-state index contributed by atoms with van der Waals surface area (Å²) in [5.74, 6) is -0.891. The second kappa shape index (κ2) is 11.5. The molecule has 1 aliphatic rings. The summed E-state index contributed by atoms with van der Waals surface area (Å²) in [6.45, 7) is 2.64. The van der Waals surface area contributed by atoms with Crippen LogP contribution in [0, 0.1) is 0 Å². The number of nitrogens with one attached hydrogen (secondary N) is 1. The Labute approximate surface area is 197 Å². The van der Waals surface area contributed by atoms with Gasteiger partial charge in [-0.1, -0.05) is 29.8 Å². The predicted molar refractivity (Wildman–Crippen MR) is 112 cm³/mol. The minimum Gasteiger partial charge on any atom is -0.406 e. The lowest BCUT2D eigenvalue weighted by atomic mass is 9.96. The van der Waals surface area contributed by atoms with E-state index < -0.39 is 24.5 Å². The summed E-state index contributed by atoms with van der Waals surface area (Å²) in [5.41, 5.74) is 1.23. The molecular weight excluding hydrogens is 509 g/mol. The van der Waals surface area contributed by atoms with Gasteiger partial charge in [0, 0.05) is 26.2 Å². The molecule has 0 aromatic heterocycles. The van der Waals surface area contributed by atoms with Gasteiger partial charge < -0.3 is 14.8 Å². The summed E-state index contributed by atoms with van der Waals surface area (Å²) in [6.07, 6.45) is -9.68. The van der Waals surface area contributed by atoms with Crippen molar-refractivity contribution < 1.29 is 35.8 Å². The Morgan fingerprint density at radius 1 is 0.812 bits per heavy atom. The van der Waals surface area contributed by atoms with Crippen LogP contribution in [0.4, 0.5) is 26.3 Å². The van der Waals surface area contributed by atoms with Crippen molar-refractivity contribution in [3.8, 4) is 11.5 Å². The van der Waals surface area contributed by atoms with Crippen molar-refractivity contribution in [3.05, 3.63) is 58.6 Å². The van der Waals surface area contributed by atoms with Gasteiger partial charge >= 0.3 is 12.7 Å². The highest BCUT2D eigenvalue weighted by Crippen LogP contribution is 2.36. The standard InChI is InChI=1S/C19H17ClF6N2O2.2ClH/c20-15-11-13(3-6-16(15)30-19(24,25)26)17(28-9-7-27-8-10-28)12-1-4-14(5-2-12)29-18(21,22)23;;/h1-6,11,17,27H,7-10H2;2*1H/t17-;;/m0../s1. The van der Waals surface area contributed by atoms with E-state index in [4.69, 9.17) is 11.6 Å². The van der Waals surface area contributed by atoms with Gasteiger partial charge in [0.15, 0.2) is 0 Å². The number of nitrogens with zero attached hydrogens (tertiary/aromatic N) is 1. The first-order valence-corrected chi connectivity index (χ1v) is 9.25. The van der Waals surface area contributed by atoms with Gasteiger partial charge in [-0.05, 0) is 35.4 Å². The monoisotopic (exact) mass is 526 g/mol. The smallest absolute Gasteiger partial charge is 0.406 e. The quantitative estimate of drug-likeness (QED) is 0.486. The van der Waals surface area contributed by atoms with E-state index >= 15 is 0 Å². The molecule has 0 radical (unpaired) electrons. The third-order valence-electron chi connectivity index (χ3n) is 4.44.